The molecule has 0 unspecified atom stereocenters. The number of carbonyl (C=O) groups is 2. The van der Waals surface area contributed by atoms with Gasteiger partial charge in [0.2, 0.25) is 0 Å². The summed E-state index contributed by atoms with van der Waals surface area (Å²) in [5.74, 6) is 0.334. The molecule has 0 saturated heterocycles. The van der Waals surface area contributed by atoms with Crippen molar-refractivity contribution in [2.75, 3.05) is 0 Å². The Hall–Kier alpha value is -6.06. The molecule has 45 heavy (non-hydrogen) atoms. The highest BCUT2D eigenvalue weighted by atomic mass is 32.1. The van der Waals surface area contributed by atoms with Crippen molar-refractivity contribution < 1.29 is 33.5 Å². The van der Waals surface area contributed by atoms with E-state index in [1.807, 2.05) is 24.3 Å². The minimum atomic E-state index is -0.962. The average molecular weight is 622 g/mol. The Morgan fingerprint density at radius 2 is 1.62 bits per heavy atom. The smallest absolute Gasteiger partial charge is 0.488 e. The topological polar surface area (TPSA) is 151 Å². The monoisotopic (exact) mass is 621 g/mol. The average Bonchev–Trinajstić information content (AvgIpc) is 3.47. The summed E-state index contributed by atoms with van der Waals surface area (Å²) >= 11 is 1.38. The van der Waals surface area contributed by atoms with Gasteiger partial charge in [0.1, 0.15) is 41.5 Å². The van der Waals surface area contributed by atoms with Gasteiger partial charge in [0.15, 0.2) is 0 Å². The molecule has 1 aromatic heterocycles. The van der Waals surface area contributed by atoms with E-state index in [2.05, 4.69) is 11.1 Å². The van der Waals surface area contributed by atoms with E-state index in [0.29, 0.717) is 33.0 Å². The Morgan fingerprint density at radius 1 is 0.933 bits per heavy atom. The van der Waals surface area contributed by atoms with Crippen molar-refractivity contribution in [1.82, 2.24) is 4.98 Å². The Morgan fingerprint density at radius 3 is 2.31 bits per heavy atom. The quantitative estimate of drug-likeness (QED) is 0.0383. The minimum Gasteiger partial charge on any atom is -0.488 e. The van der Waals surface area contributed by atoms with Gasteiger partial charge in [-0.15, -0.1) is 11.3 Å². The zero-order valence-corrected chi connectivity index (χ0v) is 24.5. The van der Waals surface area contributed by atoms with E-state index in [0.717, 1.165) is 10.2 Å². The number of nitrogens with zero attached hydrogens (tertiary/aromatic N) is 3. The highest BCUT2D eigenvalue weighted by molar-refractivity contribution is 7.19. The molecule has 11 nitrogen and oxygen atoms in total. The number of hydrogen-bond acceptors (Lipinski definition) is 11. The van der Waals surface area contributed by atoms with Crippen LogP contribution < -0.4 is 14.2 Å². The highest BCUT2D eigenvalue weighted by Gasteiger charge is 2.14. The number of non-ortho nitro benzene ring substituents is 1. The molecule has 0 atom stereocenters. The molecule has 224 valence electrons. The third-order valence-electron chi connectivity index (χ3n) is 6.21. The maximum absolute atomic E-state index is 12.5. The van der Waals surface area contributed by atoms with E-state index in [1.54, 1.807) is 48.5 Å². The second-order valence-electron chi connectivity index (χ2n) is 9.45. The predicted molar refractivity (Wildman–Crippen MR) is 166 cm³/mol. The molecule has 0 saturated carbocycles. The summed E-state index contributed by atoms with van der Waals surface area (Å²) in [4.78, 5) is 38.7. The van der Waals surface area contributed by atoms with Gasteiger partial charge in [-0.2, -0.15) is 5.26 Å². The zero-order chi connectivity index (χ0) is 31.8. The van der Waals surface area contributed by atoms with Crippen molar-refractivity contribution in [3.05, 3.63) is 123 Å². The van der Waals surface area contributed by atoms with Crippen LogP contribution in [0.4, 0.5) is 10.5 Å². The Labute approximate surface area is 260 Å². The van der Waals surface area contributed by atoms with Gasteiger partial charge in [-0.05, 0) is 65.7 Å². The molecule has 1 heterocycles. The standard InChI is InChI=1S/C33H23N3O8S/c1-21(37)43-27-13-8-23(9-14-27)20-42-33(38)44-28-15-10-24(16-25(18-34)32-35-29-4-2-3-5-31(29)45-32)30(17-28)41-19-22-6-11-26(12-7-22)36(39)40/h2-17H,19-20H2,1H3/b25-16+. The lowest BCUT2D eigenvalue weighted by Crippen LogP contribution is -2.10. The van der Waals surface area contributed by atoms with Crippen LogP contribution in [0.2, 0.25) is 0 Å². The minimum absolute atomic E-state index is 0.0408. The van der Waals surface area contributed by atoms with Crippen LogP contribution in [0.1, 0.15) is 28.6 Å². The lowest BCUT2D eigenvalue weighted by Gasteiger charge is -2.12. The Bertz CT molecular complexity index is 1910. The van der Waals surface area contributed by atoms with Gasteiger partial charge < -0.3 is 18.9 Å². The summed E-state index contributed by atoms with van der Waals surface area (Å²) in [5.41, 5.74) is 2.86. The number of para-hydroxylation sites is 1. The molecule has 12 heteroatoms. The fourth-order valence-electron chi connectivity index (χ4n) is 4.07. The van der Waals surface area contributed by atoms with Gasteiger partial charge in [-0.25, -0.2) is 9.78 Å². The van der Waals surface area contributed by atoms with Crippen LogP contribution in [-0.4, -0.2) is 22.0 Å². The zero-order valence-electron chi connectivity index (χ0n) is 23.7. The number of aromatic nitrogens is 1. The third kappa shape index (κ3) is 8.07. The molecular formula is C33H23N3O8S. The summed E-state index contributed by atoms with van der Waals surface area (Å²) < 4.78 is 22.6. The maximum Gasteiger partial charge on any atom is 0.514 e. The lowest BCUT2D eigenvalue weighted by molar-refractivity contribution is -0.384. The van der Waals surface area contributed by atoms with Crippen LogP contribution in [0.25, 0.3) is 21.9 Å². The summed E-state index contributed by atoms with van der Waals surface area (Å²) in [7, 11) is 0. The number of ether oxygens (including phenoxy) is 4. The first-order valence-corrected chi connectivity index (χ1v) is 14.2. The first-order chi connectivity index (χ1) is 21.8. The molecular weight excluding hydrogens is 598 g/mol. The lowest BCUT2D eigenvalue weighted by atomic mass is 10.1. The van der Waals surface area contributed by atoms with Crippen molar-refractivity contribution in [2.24, 2.45) is 0 Å². The number of allylic oxidation sites excluding steroid dienone is 1. The number of nitro groups is 1. The van der Waals surface area contributed by atoms with Crippen molar-refractivity contribution >= 4 is 51.0 Å². The maximum atomic E-state index is 12.5. The van der Waals surface area contributed by atoms with E-state index in [4.69, 9.17) is 18.9 Å². The fourth-order valence-corrected chi connectivity index (χ4v) is 5.00. The van der Waals surface area contributed by atoms with Crippen LogP contribution in [0.5, 0.6) is 17.2 Å². The van der Waals surface area contributed by atoms with E-state index >= 15 is 0 Å². The van der Waals surface area contributed by atoms with Crippen LogP contribution >= 0.6 is 11.3 Å². The fraction of sp³-hybridized carbons (Fsp3) is 0.0909. The van der Waals surface area contributed by atoms with E-state index < -0.39 is 17.0 Å². The number of esters is 1. The molecule has 5 aromatic rings. The molecule has 5 rings (SSSR count). The van der Waals surface area contributed by atoms with Gasteiger partial charge >= 0.3 is 12.1 Å². The number of rotatable bonds is 10. The Kier molecular flexibility index (Phi) is 9.42. The van der Waals surface area contributed by atoms with Crippen molar-refractivity contribution in [3.8, 4) is 23.3 Å². The highest BCUT2D eigenvalue weighted by Crippen LogP contribution is 2.32. The van der Waals surface area contributed by atoms with Crippen LogP contribution in [0.15, 0.2) is 91.0 Å². The normalized spacial score (nSPS) is 11.0. The molecule has 0 fully saturated rings. The molecule has 0 aliphatic heterocycles. The number of thiazole rings is 1. The van der Waals surface area contributed by atoms with Crippen molar-refractivity contribution in [1.29, 1.82) is 5.26 Å². The van der Waals surface area contributed by atoms with Gasteiger partial charge in [0, 0.05) is 30.7 Å². The summed E-state index contributed by atoms with van der Waals surface area (Å²) in [6.45, 7) is 1.25. The molecule has 0 aliphatic rings. The summed E-state index contributed by atoms with van der Waals surface area (Å²) in [5, 5.41) is 21.5. The predicted octanol–water partition coefficient (Wildman–Crippen LogP) is 7.49. The molecule has 0 bridgehead atoms. The number of fused-ring (bicyclic) bond motifs is 1. The number of hydrogen-bond donors (Lipinski definition) is 0. The SMILES string of the molecule is CC(=O)Oc1ccc(COC(=O)Oc2ccc(/C=C(\C#N)c3nc4ccccc4s3)c(OCc3ccc([N+](=O)[O-])cc3)c2)cc1. The Balaban J connectivity index is 1.35. The number of benzene rings is 4. The second kappa shape index (κ2) is 13.9. The third-order valence-corrected chi connectivity index (χ3v) is 7.28. The molecule has 0 spiro atoms. The largest absolute Gasteiger partial charge is 0.514 e. The second-order valence-corrected chi connectivity index (χ2v) is 10.5. The number of nitro benzene ring substituents is 1. The van der Waals surface area contributed by atoms with Crippen molar-refractivity contribution in [2.45, 2.75) is 20.1 Å². The summed E-state index contributed by atoms with van der Waals surface area (Å²) in [6, 6.07) is 26.8. The molecule has 4 aromatic carbocycles. The molecule has 0 aliphatic carbocycles. The first kappa shape index (κ1) is 30.4. The van der Waals surface area contributed by atoms with Gasteiger partial charge in [-0.3, -0.25) is 14.9 Å². The molecule has 0 N–H and O–H groups in total. The van der Waals surface area contributed by atoms with E-state index in [1.165, 1.54) is 42.5 Å². The van der Waals surface area contributed by atoms with E-state index in [9.17, 15) is 25.0 Å². The molecule has 0 amide bonds. The first-order valence-electron chi connectivity index (χ1n) is 13.4. The van der Waals surface area contributed by atoms with Crippen LogP contribution in [0, 0.1) is 21.4 Å². The van der Waals surface area contributed by atoms with E-state index in [-0.39, 0.29) is 30.4 Å². The van der Waals surface area contributed by atoms with Crippen LogP contribution in [0.3, 0.4) is 0 Å². The van der Waals surface area contributed by atoms with Crippen molar-refractivity contribution in [3.63, 3.8) is 0 Å². The van der Waals surface area contributed by atoms with Gasteiger partial charge in [0.05, 0.1) is 20.7 Å². The summed E-state index contributed by atoms with van der Waals surface area (Å²) in [6.07, 6.45) is 0.667. The molecule has 0 radical (unpaired) electrons. The van der Waals surface area contributed by atoms with Crippen LogP contribution in [-0.2, 0) is 22.7 Å². The van der Waals surface area contributed by atoms with Gasteiger partial charge in [0.25, 0.3) is 5.69 Å². The number of carbonyl (C=O) groups excluding carboxylic acids is 2. The van der Waals surface area contributed by atoms with Gasteiger partial charge in [-0.1, -0.05) is 24.3 Å². The number of nitriles is 1.